The first-order valence-corrected chi connectivity index (χ1v) is 7.13. The summed E-state index contributed by atoms with van der Waals surface area (Å²) in [6.45, 7) is 7.27. The molecule has 0 fully saturated rings. The monoisotopic (exact) mass is 251 g/mol. The fourth-order valence-corrected chi connectivity index (χ4v) is 2.00. The van der Waals surface area contributed by atoms with Crippen molar-refractivity contribution in [1.82, 2.24) is 5.32 Å². The van der Waals surface area contributed by atoms with Gasteiger partial charge in [-0.2, -0.15) is 11.8 Å². The Balaban J connectivity index is 3.25. The van der Waals surface area contributed by atoms with Gasteiger partial charge in [0.2, 0.25) is 0 Å². The Kier molecular flexibility index (Phi) is 13.4. The van der Waals surface area contributed by atoms with Crippen LogP contribution in [0.4, 0.5) is 0 Å². The zero-order valence-corrected chi connectivity index (χ0v) is 11.2. The lowest BCUT2D eigenvalue weighted by Gasteiger charge is -2.17. The number of ether oxygens (including phenoxy) is 2. The molecule has 0 amide bonds. The van der Waals surface area contributed by atoms with E-state index in [9.17, 15) is 0 Å². The standard InChI is InChI=1S/C11H25NO3S/c1-3-14-11(15-4-2)10-12-6-9-16-8-5-7-13/h11-13H,3-10H2,1-2H3. The van der Waals surface area contributed by atoms with Gasteiger partial charge in [0.15, 0.2) is 6.29 Å². The van der Waals surface area contributed by atoms with Gasteiger partial charge in [-0.3, -0.25) is 0 Å². The van der Waals surface area contributed by atoms with Crippen molar-refractivity contribution < 1.29 is 14.6 Å². The Morgan fingerprint density at radius 2 is 1.88 bits per heavy atom. The number of aliphatic hydroxyl groups excluding tert-OH is 1. The van der Waals surface area contributed by atoms with E-state index in [0.717, 1.165) is 31.0 Å². The molecule has 16 heavy (non-hydrogen) atoms. The highest BCUT2D eigenvalue weighted by Gasteiger charge is 2.05. The van der Waals surface area contributed by atoms with Crippen LogP contribution in [0.25, 0.3) is 0 Å². The summed E-state index contributed by atoms with van der Waals surface area (Å²) in [5.74, 6) is 2.09. The summed E-state index contributed by atoms with van der Waals surface area (Å²) in [4.78, 5) is 0. The van der Waals surface area contributed by atoms with Gasteiger partial charge in [-0.15, -0.1) is 0 Å². The quantitative estimate of drug-likeness (QED) is 0.402. The average Bonchev–Trinajstić information content (AvgIpc) is 2.28. The van der Waals surface area contributed by atoms with Gasteiger partial charge in [0.1, 0.15) is 0 Å². The number of hydrogen-bond acceptors (Lipinski definition) is 5. The molecule has 0 aliphatic carbocycles. The molecule has 0 aromatic heterocycles. The van der Waals surface area contributed by atoms with Crippen molar-refractivity contribution in [2.75, 3.05) is 44.4 Å². The van der Waals surface area contributed by atoms with Crippen molar-refractivity contribution >= 4 is 11.8 Å². The van der Waals surface area contributed by atoms with Crippen LogP contribution in [0.5, 0.6) is 0 Å². The Hall–Kier alpha value is 0.190. The van der Waals surface area contributed by atoms with Crippen LogP contribution in [-0.2, 0) is 9.47 Å². The summed E-state index contributed by atoms with van der Waals surface area (Å²) in [7, 11) is 0. The van der Waals surface area contributed by atoms with Crippen LogP contribution in [-0.4, -0.2) is 55.8 Å². The van der Waals surface area contributed by atoms with Crippen LogP contribution in [0.2, 0.25) is 0 Å². The van der Waals surface area contributed by atoms with Crippen molar-refractivity contribution in [3.63, 3.8) is 0 Å². The minimum Gasteiger partial charge on any atom is -0.396 e. The molecule has 0 heterocycles. The lowest BCUT2D eigenvalue weighted by atomic mass is 10.5. The lowest BCUT2D eigenvalue weighted by Crippen LogP contribution is -2.32. The zero-order chi connectivity index (χ0) is 12.1. The van der Waals surface area contributed by atoms with Gasteiger partial charge in [0.05, 0.1) is 0 Å². The first kappa shape index (κ1) is 16.2. The minimum absolute atomic E-state index is 0.127. The van der Waals surface area contributed by atoms with E-state index >= 15 is 0 Å². The highest BCUT2D eigenvalue weighted by atomic mass is 32.2. The molecule has 0 spiro atoms. The number of aliphatic hydroxyl groups is 1. The van der Waals surface area contributed by atoms with Crippen molar-refractivity contribution in [3.8, 4) is 0 Å². The first-order valence-electron chi connectivity index (χ1n) is 5.97. The molecule has 0 aliphatic heterocycles. The fourth-order valence-electron chi connectivity index (χ4n) is 1.17. The maximum Gasteiger partial charge on any atom is 0.169 e. The fraction of sp³-hybridized carbons (Fsp3) is 1.00. The molecule has 0 atom stereocenters. The van der Waals surface area contributed by atoms with E-state index in [1.165, 1.54) is 0 Å². The first-order chi connectivity index (χ1) is 7.85. The Morgan fingerprint density at radius 1 is 1.19 bits per heavy atom. The van der Waals surface area contributed by atoms with E-state index in [-0.39, 0.29) is 12.9 Å². The molecular weight excluding hydrogens is 226 g/mol. The molecular formula is C11H25NO3S. The Morgan fingerprint density at radius 3 is 2.44 bits per heavy atom. The molecule has 0 rings (SSSR count). The second-order valence-corrected chi connectivity index (χ2v) is 4.46. The Labute approximate surface area is 103 Å². The summed E-state index contributed by atoms with van der Waals surface area (Å²) in [5, 5.41) is 11.9. The normalized spacial score (nSPS) is 11.2. The zero-order valence-electron chi connectivity index (χ0n) is 10.4. The van der Waals surface area contributed by atoms with E-state index < -0.39 is 0 Å². The molecule has 2 N–H and O–H groups in total. The van der Waals surface area contributed by atoms with Crippen LogP contribution in [0.1, 0.15) is 20.3 Å². The number of rotatable bonds is 12. The van der Waals surface area contributed by atoms with Gasteiger partial charge in [-0.25, -0.2) is 0 Å². The van der Waals surface area contributed by atoms with Crippen LogP contribution in [0, 0.1) is 0 Å². The number of nitrogens with one attached hydrogen (secondary N) is 1. The maximum atomic E-state index is 8.60. The SMILES string of the molecule is CCOC(CNCCSCCCO)OCC. The van der Waals surface area contributed by atoms with E-state index in [1.54, 1.807) is 0 Å². The second kappa shape index (κ2) is 13.3. The number of thioether (sulfide) groups is 1. The third kappa shape index (κ3) is 10.7. The summed E-state index contributed by atoms with van der Waals surface area (Å²) < 4.78 is 10.8. The van der Waals surface area contributed by atoms with Crippen LogP contribution in [0.3, 0.4) is 0 Å². The summed E-state index contributed by atoms with van der Waals surface area (Å²) in [5.41, 5.74) is 0. The Bertz CT molecular complexity index is 132. The van der Waals surface area contributed by atoms with E-state index in [2.05, 4.69) is 5.32 Å². The highest BCUT2D eigenvalue weighted by Crippen LogP contribution is 2.00. The largest absolute Gasteiger partial charge is 0.396 e. The summed E-state index contributed by atoms with van der Waals surface area (Å²) in [6, 6.07) is 0. The summed E-state index contributed by atoms with van der Waals surface area (Å²) >= 11 is 1.85. The molecule has 98 valence electrons. The van der Waals surface area contributed by atoms with E-state index in [4.69, 9.17) is 14.6 Å². The lowest BCUT2D eigenvalue weighted by molar-refractivity contribution is -0.132. The number of hydrogen-bond donors (Lipinski definition) is 2. The van der Waals surface area contributed by atoms with Gasteiger partial charge >= 0.3 is 0 Å². The van der Waals surface area contributed by atoms with Crippen LogP contribution < -0.4 is 5.32 Å². The van der Waals surface area contributed by atoms with Crippen molar-refractivity contribution in [2.24, 2.45) is 0 Å². The molecule has 0 saturated heterocycles. The van der Waals surface area contributed by atoms with Gasteiger partial charge in [-0.05, 0) is 26.0 Å². The predicted octanol–water partition coefficient (Wildman–Crippen LogP) is 1.09. The molecule has 0 saturated carbocycles. The van der Waals surface area contributed by atoms with Gasteiger partial charge < -0.3 is 19.9 Å². The van der Waals surface area contributed by atoms with Gasteiger partial charge in [-0.1, -0.05) is 0 Å². The molecule has 0 unspecified atom stereocenters. The van der Waals surface area contributed by atoms with Crippen molar-refractivity contribution in [1.29, 1.82) is 0 Å². The predicted molar refractivity (Wildman–Crippen MR) is 68.9 cm³/mol. The molecule has 0 bridgehead atoms. The minimum atomic E-state index is -0.127. The van der Waals surface area contributed by atoms with E-state index in [0.29, 0.717) is 13.2 Å². The maximum absolute atomic E-state index is 8.60. The van der Waals surface area contributed by atoms with Crippen LogP contribution >= 0.6 is 11.8 Å². The summed E-state index contributed by atoms with van der Waals surface area (Å²) in [6.07, 6.45) is 0.753. The third-order valence-electron chi connectivity index (χ3n) is 1.89. The molecule has 0 aromatic rings. The third-order valence-corrected chi connectivity index (χ3v) is 2.96. The smallest absolute Gasteiger partial charge is 0.169 e. The molecule has 0 aliphatic rings. The molecule has 5 heteroatoms. The second-order valence-electron chi connectivity index (χ2n) is 3.23. The van der Waals surface area contributed by atoms with Crippen LogP contribution in [0.15, 0.2) is 0 Å². The topological polar surface area (TPSA) is 50.7 Å². The van der Waals surface area contributed by atoms with Crippen molar-refractivity contribution in [3.05, 3.63) is 0 Å². The van der Waals surface area contributed by atoms with Crippen molar-refractivity contribution in [2.45, 2.75) is 26.6 Å². The average molecular weight is 251 g/mol. The molecule has 4 nitrogen and oxygen atoms in total. The van der Waals surface area contributed by atoms with E-state index in [1.807, 2.05) is 25.6 Å². The van der Waals surface area contributed by atoms with Gasteiger partial charge in [0.25, 0.3) is 0 Å². The molecule has 0 radical (unpaired) electrons. The highest BCUT2D eigenvalue weighted by molar-refractivity contribution is 7.99. The van der Waals surface area contributed by atoms with Gasteiger partial charge in [0, 0.05) is 38.7 Å². The molecule has 0 aromatic carbocycles.